The summed E-state index contributed by atoms with van der Waals surface area (Å²) < 4.78 is 23.0. The molecule has 1 N–H and O–H groups in total. The summed E-state index contributed by atoms with van der Waals surface area (Å²) in [6.07, 6.45) is 0. The average molecular weight is 311 g/mol. The first-order valence-electron chi connectivity index (χ1n) is 7.49. The van der Waals surface area contributed by atoms with E-state index in [2.05, 4.69) is 41.2 Å². The molecule has 0 spiro atoms. The molecule has 0 bridgehead atoms. The molecule has 1 aliphatic heterocycles. The molecule has 2 heterocycles. The smallest absolute Gasteiger partial charge is 0.153 e. The molecule has 0 amide bonds. The summed E-state index contributed by atoms with van der Waals surface area (Å²) in [7, 11) is -2.85. The third kappa shape index (κ3) is 4.97. The maximum absolute atomic E-state index is 11.5. The van der Waals surface area contributed by atoms with Crippen LogP contribution in [0.1, 0.15) is 25.1 Å². The molecule has 0 aromatic carbocycles. The molecule has 5 nitrogen and oxygen atoms in total. The van der Waals surface area contributed by atoms with Crippen molar-refractivity contribution in [1.29, 1.82) is 0 Å². The first-order valence-corrected chi connectivity index (χ1v) is 9.31. The van der Waals surface area contributed by atoms with Crippen LogP contribution in [0.5, 0.6) is 0 Å². The SMILES string of the molecule is Cc1cc(CNCC(C)C)cc(N2CCS(=O)(=O)CC2)n1. The van der Waals surface area contributed by atoms with Crippen molar-refractivity contribution in [1.82, 2.24) is 10.3 Å². The van der Waals surface area contributed by atoms with E-state index in [1.807, 2.05) is 6.92 Å². The molecule has 2 rings (SSSR count). The number of aromatic nitrogens is 1. The lowest BCUT2D eigenvalue weighted by Gasteiger charge is -2.28. The number of rotatable bonds is 5. The Hall–Kier alpha value is -1.14. The normalized spacial score (nSPS) is 18.2. The van der Waals surface area contributed by atoms with Gasteiger partial charge in [0.2, 0.25) is 0 Å². The van der Waals surface area contributed by atoms with E-state index < -0.39 is 9.84 Å². The lowest BCUT2D eigenvalue weighted by molar-refractivity contribution is 0.552. The molecule has 0 saturated carbocycles. The van der Waals surface area contributed by atoms with Crippen molar-refractivity contribution in [3.63, 3.8) is 0 Å². The zero-order valence-electron chi connectivity index (χ0n) is 13.1. The Morgan fingerprint density at radius 1 is 1.29 bits per heavy atom. The Morgan fingerprint density at radius 3 is 2.57 bits per heavy atom. The quantitative estimate of drug-likeness (QED) is 0.890. The van der Waals surface area contributed by atoms with Crippen LogP contribution < -0.4 is 10.2 Å². The summed E-state index contributed by atoms with van der Waals surface area (Å²) >= 11 is 0. The Balaban J connectivity index is 2.05. The monoisotopic (exact) mass is 311 g/mol. The van der Waals surface area contributed by atoms with E-state index in [9.17, 15) is 8.42 Å². The van der Waals surface area contributed by atoms with Crippen LogP contribution in [0.25, 0.3) is 0 Å². The molecule has 0 unspecified atom stereocenters. The zero-order chi connectivity index (χ0) is 15.5. The third-order valence-corrected chi connectivity index (χ3v) is 5.16. The Bertz CT molecular complexity index is 571. The number of pyridine rings is 1. The van der Waals surface area contributed by atoms with Crippen molar-refractivity contribution < 1.29 is 8.42 Å². The Kier molecular flexibility index (Phi) is 5.22. The highest BCUT2D eigenvalue weighted by atomic mass is 32.2. The van der Waals surface area contributed by atoms with Gasteiger partial charge in [0.15, 0.2) is 9.84 Å². The predicted octanol–water partition coefficient (Wildman–Crippen LogP) is 1.37. The van der Waals surface area contributed by atoms with Gasteiger partial charge in [0.1, 0.15) is 5.82 Å². The maximum atomic E-state index is 11.5. The van der Waals surface area contributed by atoms with Gasteiger partial charge in [0.25, 0.3) is 0 Å². The van der Waals surface area contributed by atoms with Crippen molar-refractivity contribution in [2.75, 3.05) is 36.0 Å². The van der Waals surface area contributed by atoms with Crippen LogP contribution in [0.2, 0.25) is 0 Å². The number of anilines is 1. The second kappa shape index (κ2) is 6.75. The molecule has 0 atom stereocenters. The summed E-state index contributed by atoms with van der Waals surface area (Å²) in [6, 6.07) is 4.15. The van der Waals surface area contributed by atoms with Gasteiger partial charge in [-0.2, -0.15) is 0 Å². The van der Waals surface area contributed by atoms with Crippen LogP contribution in [-0.2, 0) is 16.4 Å². The molecule has 1 saturated heterocycles. The maximum Gasteiger partial charge on any atom is 0.153 e. The van der Waals surface area contributed by atoms with Crippen molar-refractivity contribution >= 4 is 15.7 Å². The fraction of sp³-hybridized carbons (Fsp3) is 0.667. The Labute approximate surface area is 127 Å². The number of aryl methyl sites for hydroxylation is 1. The molecule has 21 heavy (non-hydrogen) atoms. The second-order valence-electron chi connectivity index (χ2n) is 6.14. The van der Waals surface area contributed by atoms with Gasteiger partial charge < -0.3 is 10.2 Å². The standard InChI is InChI=1S/C15H25N3O2S/c1-12(2)10-16-11-14-8-13(3)17-15(9-14)18-4-6-21(19,20)7-5-18/h8-9,12,16H,4-7,10-11H2,1-3H3. The largest absolute Gasteiger partial charge is 0.355 e. The van der Waals surface area contributed by atoms with E-state index >= 15 is 0 Å². The molecule has 1 aromatic heterocycles. The van der Waals surface area contributed by atoms with E-state index in [0.29, 0.717) is 19.0 Å². The van der Waals surface area contributed by atoms with Crippen molar-refractivity contribution in [3.05, 3.63) is 23.4 Å². The van der Waals surface area contributed by atoms with Crippen LogP contribution in [0.15, 0.2) is 12.1 Å². The fourth-order valence-electron chi connectivity index (χ4n) is 2.43. The highest BCUT2D eigenvalue weighted by Crippen LogP contribution is 2.17. The minimum Gasteiger partial charge on any atom is -0.355 e. The average Bonchev–Trinajstić information content (AvgIpc) is 2.37. The van der Waals surface area contributed by atoms with Crippen LogP contribution in [0.3, 0.4) is 0 Å². The van der Waals surface area contributed by atoms with E-state index in [-0.39, 0.29) is 11.5 Å². The summed E-state index contributed by atoms with van der Waals surface area (Å²) in [6.45, 7) is 9.24. The van der Waals surface area contributed by atoms with Gasteiger partial charge in [0.05, 0.1) is 11.5 Å². The van der Waals surface area contributed by atoms with E-state index in [4.69, 9.17) is 0 Å². The summed E-state index contributed by atoms with van der Waals surface area (Å²) in [5.41, 5.74) is 2.17. The molecule has 6 heteroatoms. The molecule has 1 fully saturated rings. The summed E-state index contributed by atoms with van der Waals surface area (Å²) in [5.74, 6) is 1.97. The second-order valence-corrected chi connectivity index (χ2v) is 8.44. The van der Waals surface area contributed by atoms with Gasteiger partial charge in [-0.05, 0) is 37.1 Å². The van der Waals surface area contributed by atoms with Crippen molar-refractivity contribution in [3.8, 4) is 0 Å². The number of hydrogen-bond donors (Lipinski definition) is 1. The summed E-state index contributed by atoms with van der Waals surface area (Å²) in [5, 5.41) is 3.43. The number of nitrogens with one attached hydrogen (secondary N) is 1. The first-order chi connectivity index (χ1) is 9.85. The van der Waals surface area contributed by atoms with Gasteiger partial charge in [-0.25, -0.2) is 13.4 Å². The van der Waals surface area contributed by atoms with Crippen molar-refractivity contribution in [2.45, 2.75) is 27.3 Å². The molecule has 0 aliphatic carbocycles. The van der Waals surface area contributed by atoms with E-state index in [1.54, 1.807) is 0 Å². The van der Waals surface area contributed by atoms with Gasteiger partial charge in [0, 0.05) is 25.3 Å². The van der Waals surface area contributed by atoms with Gasteiger partial charge in [-0.15, -0.1) is 0 Å². The lowest BCUT2D eigenvalue weighted by atomic mass is 10.2. The van der Waals surface area contributed by atoms with Crippen LogP contribution in [-0.4, -0.2) is 44.5 Å². The van der Waals surface area contributed by atoms with Crippen LogP contribution >= 0.6 is 0 Å². The third-order valence-electron chi connectivity index (χ3n) is 3.55. The number of nitrogens with zero attached hydrogens (tertiary/aromatic N) is 2. The molecule has 0 radical (unpaired) electrons. The fourth-order valence-corrected chi connectivity index (χ4v) is 3.63. The minimum atomic E-state index is -2.85. The highest BCUT2D eigenvalue weighted by Gasteiger charge is 2.22. The highest BCUT2D eigenvalue weighted by molar-refractivity contribution is 7.91. The summed E-state index contributed by atoms with van der Waals surface area (Å²) in [4.78, 5) is 6.62. The molecule has 1 aliphatic rings. The van der Waals surface area contributed by atoms with Gasteiger partial charge in [-0.1, -0.05) is 13.8 Å². The Morgan fingerprint density at radius 2 is 1.95 bits per heavy atom. The minimum absolute atomic E-state index is 0.226. The number of hydrogen-bond acceptors (Lipinski definition) is 5. The molecule has 118 valence electrons. The first kappa shape index (κ1) is 16.2. The van der Waals surface area contributed by atoms with Crippen LogP contribution in [0.4, 0.5) is 5.82 Å². The van der Waals surface area contributed by atoms with Crippen LogP contribution in [0, 0.1) is 12.8 Å². The van der Waals surface area contributed by atoms with E-state index in [0.717, 1.165) is 24.6 Å². The topological polar surface area (TPSA) is 62.3 Å². The zero-order valence-corrected chi connectivity index (χ0v) is 13.9. The van der Waals surface area contributed by atoms with Gasteiger partial charge >= 0.3 is 0 Å². The molecule has 1 aromatic rings. The van der Waals surface area contributed by atoms with Gasteiger partial charge in [-0.3, -0.25) is 0 Å². The number of sulfone groups is 1. The molecular formula is C15H25N3O2S. The van der Waals surface area contributed by atoms with Crippen molar-refractivity contribution in [2.24, 2.45) is 5.92 Å². The predicted molar refractivity (Wildman–Crippen MR) is 86.4 cm³/mol. The molecular weight excluding hydrogens is 286 g/mol. The van der Waals surface area contributed by atoms with E-state index in [1.165, 1.54) is 5.56 Å². The lowest BCUT2D eigenvalue weighted by Crippen LogP contribution is -2.40.